The van der Waals surface area contributed by atoms with Gasteiger partial charge in [-0.1, -0.05) is 71.0 Å². The lowest BCUT2D eigenvalue weighted by molar-refractivity contribution is -0.385. The van der Waals surface area contributed by atoms with Gasteiger partial charge in [-0.15, -0.1) is 0 Å². The lowest BCUT2D eigenvalue weighted by atomic mass is 9.72. The fourth-order valence-electron chi connectivity index (χ4n) is 4.40. The number of nitro benzene ring substituents is 1. The molecule has 0 saturated heterocycles. The molecule has 0 aromatic heterocycles. The number of nitrogens with one attached hydrogen (secondary N) is 1. The van der Waals surface area contributed by atoms with Crippen LogP contribution in [0.15, 0.2) is 59.7 Å². The normalized spacial score (nSPS) is 12.1. The first kappa shape index (κ1) is 25.7. The number of carbonyl (C=O) groups is 1. The van der Waals surface area contributed by atoms with E-state index < -0.39 is 17.4 Å². The first-order valence-corrected chi connectivity index (χ1v) is 11.3. The second-order valence-electron chi connectivity index (χ2n) is 10.4. The summed E-state index contributed by atoms with van der Waals surface area (Å²) in [7, 11) is 0. The van der Waals surface area contributed by atoms with Crippen molar-refractivity contribution in [2.24, 2.45) is 10.5 Å². The molecule has 0 radical (unpaired) electrons. The molecule has 0 aliphatic carbocycles. The molecule has 0 bridgehead atoms. The van der Waals surface area contributed by atoms with Crippen LogP contribution in [0.4, 0.5) is 5.69 Å². The van der Waals surface area contributed by atoms with Crippen LogP contribution < -0.4 is 10.2 Å². The van der Waals surface area contributed by atoms with Gasteiger partial charge >= 0.3 is 5.69 Å². The second-order valence-corrected chi connectivity index (χ2v) is 10.4. The van der Waals surface area contributed by atoms with Crippen LogP contribution in [0.5, 0.6) is 11.5 Å². The van der Waals surface area contributed by atoms with E-state index in [-0.39, 0.29) is 28.0 Å². The van der Waals surface area contributed by atoms with Crippen molar-refractivity contribution in [3.8, 4) is 11.5 Å². The molecule has 0 aliphatic heterocycles. The summed E-state index contributed by atoms with van der Waals surface area (Å²) in [6, 6.07) is 15.7. The number of ether oxygens (including phenoxy) is 1. The van der Waals surface area contributed by atoms with Gasteiger partial charge in [0.05, 0.1) is 11.1 Å². The summed E-state index contributed by atoms with van der Waals surface area (Å²) in [4.78, 5) is 23.4. The van der Waals surface area contributed by atoms with Gasteiger partial charge in [0, 0.05) is 11.6 Å². The average molecular weight is 478 g/mol. The number of hydrogen-bond donors (Lipinski definition) is 2. The average Bonchev–Trinajstić information content (AvgIpc) is 2.77. The zero-order valence-corrected chi connectivity index (χ0v) is 20.7. The molecule has 3 aromatic carbocycles. The Morgan fingerprint density at radius 3 is 2.51 bits per heavy atom. The van der Waals surface area contributed by atoms with E-state index in [1.165, 1.54) is 18.3 Å². The number of hydrogen-bond acceptors (Lipinski definition) is 6. The van der Waals surface area contributed by atoms with Crippen LogP contribution in [-0.4, -0.2) is 28.8 Å². The molecule has 1 amide bonds. The van der Waals surface area contributed by atoms with Gasteiger partial charge in [0.15, 0.2) is 12.4 Å². The van der Waals surface area contributed by atoms with Crippen molar-refractivity contribution in [3.05, 3.63) is 75.8 Å². The fourth-order valence-corrected chi connectivity index (χ4v) is 4.40. The Morgan fingerprint density at radius 2 is 1.83 bits per heavy atom. The maximum absolute atomic E-state index is 12.2. The smallest absolute Gasteiger partial charge is 0.311 e. The van der Waals surface area contributed by atoms with E-state index in [9.17, 15) is 20.0 Å². The number of amides is 1. The number of rotatable bonds is 8. The molecule has 0 heterocycles. The summed E-state index contributed by atoms with van der Waals surface area (Å²) in [6.07, 6.45) is 2.19. The fraction of sp³-hybridized carbons (Fsp3) is 0.333. The van der Waals surface area contributed by atoms with Crippen LogP contribution in [0.2, 0.25) is 0 Å². The number of phenolic OH excluding ortho intramolecular Hbond substituents is 1. The van der Waals surface area contributed by atoms with Crippen LogP contribution in [0.25, 0.3) is 10.8 Å². The topological polar surface area (TPSA) is 114 Å². The summed E-state index contributed by atoms with van der Waals surface area (Å²) >= 11 is 0. The van der Waals surface area contributed by atoms with Gasteiger partial charge in [-0.25, -0.2) is 5.43 Å². The maximum Gasteiger partial charge on any atom is 0.311 e. The minimum absolute atomic E-state index is 0.0103. The van der Waals surface area contributed by atoms with E-state index in [1.54, 1.807) is 18.2 Å². The highest BCUT2D eigenvalue weighted by Crippen LogP contribution is 2.39. The number of nitro groups is 1. The molecule has 0 saturated carbocycles. The Bertz CT molecular complexity index is 1280. The van der Waals surface area contributed by atoms with Gasteiger partial charge in [-0.2, -0.15) is 5.10 Å². The Labute approximate surface area is 204 Å². The van der Waals surface area contributed by atoms with Crippen molar-refractivity contribution >= 4 is 28.6 Å². The number of benzene rings is 3. The summed E-state index contributed by atoms with van der Waals surface area (Å²) in [6.45, 7) is 10.0. The molecule has 184 valence electrons. The van der Waals surface area contributed by atoms with E-state index in [1.807, 2.05) is 24.3 Å². The molecule has 0 atom stereocenters. The van der Waals surface area contributed by atoms with Gasteiger partial charge in [0.25, 0.3) is 5.91 Å². The number of fused-ring (bicyclic) bond motifs is 1. The van der Waals surface area contributed by atoms with Crippen LogP contribution in [0.3, 0.4) is 0 Å². The highest BCUT2D eigenvalue weighted by atomic mass is 16.6. The zero-order chi connectivity index (χ0) is 25.8. The molecule has 35 heavy (non-hydrogen) atoms. The van der Waals surface area contributed by atoms with Crippen LogP contribution in [0.1, 0.15) is 52.2 Å². The summed E-state index contributed by atoms with van der Waals surface area (Å²) in [5.41, 5.74) is 3.20. The van der Waals surface area contributed by atoms with Crippen molar-refractivity contribution in [1.29, 1.82) is 0 Å². The number of carbonyl (C=O) groups excluding carboxylic acids is 1. The van der Waals surface area contributed by atoms with E-state index in [2.05, 4.69) is 45.1 Å². The highest BCUT2D eigenvalue weighted by molar-refractivity contribution is 6.02. The van der Waals surface area contributed by atoms with Gasteiger partial charge in [-0.05, 0) is 45.7 Å². The molecule has 2 N–H and O–H groups in total. The lowest BCUT2D eigenvalue weighted by Crippen LogP contribution is -2.26. The summed E-state index contributed by atoms with van der Waals surface area (Å²) in [5.74, 6) is -0.549. The summed E-state index contributed by atoms with van der Waals surface area (Å²) in [5, 5.41) is 27.4. The van der Waals surface area contributed by atoms with Gasteiger partial charge in [0.2, 0.25) is 0 Å². The Balaban J connectivity index is 1.69. The zero-order valence-electron chi connectivity index (χ0n) is 20.7. The molecule has 0 aliphatic rings. The van der Waals surface area contributed by atoms with E-state index in [0.29, 0.717) is 5.56 Å². The molecule has 3 rings (SSSR count). The van der Waals surface area contributed by atoms with E-state index >= 15 is 0 Å². The monoisotopic (exact) mass is 477 g/mol. The standard InChI is InChI=1S/C27H31N3O5/c1-26(2,3)17-27(4,5)19-11-13-24(22(14-19)30(33)34)35-16-25(32)29-28-15-21-20-9-7-6-8-18(20)10-12-23(21)31/h6-15,31H,16-17H2,1-5H3,(H,29,32)/b28-15+. The minimum atomic E-state index is -0.590. The van der Waals surface area contributed by atoms with Crippen molar-refractivity contribution in [2.45, 2.75) is 46.5 Å². The first-order chi connectivity index (χ1) is 16.4. The van der Waals surface area contributed by atoms with Crippen molar-refractivity contribution in [2.75, 3.05) is 6.61 Å². The minimum Gasteiger partial charge on any atom is -0.507 e. The molecule has 3 aromatic rings. The van der Waals surface area contributed by atoms with Crippen LogP contribution >= 0.6 is 0 Å². The molecule has 8 heteroatoms. The SMILES string of the molecule is CC(C)(C)CC(C)(C)c1ccc(OCC(=O)N/N=C/c2c(O)ccc3ccccc23)c([N+](=O)[O-])c1. The Kier molecular flexibility index (Phi) is 7.43. The largest absolute Gasteiger partial charge is 0.507 e. The molecular formula is C27H31N3O5. The Morgan fingerprint density at radius 1 is 1.11 bits per heavy atom. The molecule has 0 fully saturated rings. The molecule has 0 unspecified atom stereocenters. The number of aromatic hydroxyl groups is 1. The molecular weight excluding hydrogens is 446 g/mol. The van der Waals surface area contributed by atoms with Crippen LogP contribution in [-0.2, 0) is 10.2 Å². The Hall–Kier alpha value is -3.94. The van der Waals surface area contributed by atoms with Gasteiger partial charge in [-0.3, -0.25) is 14.9 Å². The predicted molar refractivity (Wildman–Crippen MR) is 137 cm³/mol. The van der Waals surface area contributed by atoms with E-state index in [4.69, 9.17) is 4.74 Å². The number of phenols is 1. The van der Waals surface area contributed by atoms with Crippen LogP contribution in [0, 0.1) is 15.5 Å². The third-order valence-electron chi connectivity index (χ3n) is 5.60. The summed E-state index contributed by atoms with van der Waals surface area (Å²) < 4.78 is 5.45. The molecule has 8 nitrogen and oxygen atoms in total. The van der Waals surface area contributed by atoms with Crippen molar-refractivity contribution in [3.63, 3.8) is 0 Å². The lowest BCUT2D eigenvalue weighted by Gasteiger charge is -2.33. The third-order valence-corrected chi connectivity index (χ3v) is 5.60. The van der Waals surface area contributed by atoms with Crippen molar-refractivity contribution < 1.29 is 19.6 Å². The number of hydrazone groups is 1. The molecule has 0 spiro atoms. The highest BCUT2D eigenvalue weighted by Gasteiger charge is 2.29. The van der Waals surface area contributed by atoms with Gasteiger partial charge in [0.1, 0.15) is 5.75 Å². The van der Waals surface area contributed by atoms with E-state index in [0.717, 1.165) is 22.8 Å². The third kappa shape index (κ3) is 6.56. The van der Waals surface area contributed by atoms with Crippen molar-refractivity contribution in [1.82, 2.24) is 5.43 Å². The quantitative estimate of drug-likeness (QED) is 0.245. The predicted octanol–water partition coefficient (Wildman–Crippen LogP) is 5.70. The number of nitrogens with zero attached hydrogens (tertiary/aromatic N) is 2. The van der Waals surface area contributed by atoms with Gasteiger partial charge < -0.3 is 9.84 Å². The maximum atomic E-state index is 12.2. The second kappa shape index (κ2) is 10.1. The first-order valence-electron chi connectivity index (χ1n) is 11.3.